The van der Waals surface area contributed by atoms with Crippen LogP contribution < -0.4 is 5.32 Å². The first-order valence-electron chi connectivity index (χ1n) is 10.8. The lowest BCUT2D eigenvalue weighted by molar-refractivity contribution is -0.120. The summed E-state index contributed by atoms with van der Waals surface area (Å²) >= 11 is 1.45. The summed E-state index contributed by atoms with van der Waals surface area (Å²) < 4.78 is 28.8. The van der Waals surface area contributed by atoms with E-state index >= 15 is 0 Å². The number of amides is 1. The second-order valence-corrected chi connectivity index (χ2v) is 11.1. The number of hydrogen-bond acceptors (Lipinski definition) is 7. The van der Waals surface area contributed by atoms with Crippen LogP contribution in [-0.2, 0) is 28.4 Å². The molecule has 170 valence electrons. The molecule has 0 bridgehead atoms. The van der Waals surface area contributed by atoms with Crippen LogP contribution in [0.3, 0.4) is 0 Å². The monoisotopic (exact) mass is 466 g/mol. The molecular formula is C20H30N6O3S2. The van der Waals surface area contributed by atoms with E-state index in [2.05, 4.69) is 20.2 Å². The Kier molecular flexibility index (Phi) is 6.75. The number of aromatic nitrogens is 3. The summed E-state index contributed by atoms with van der Waals surface area (Å²) in [7, 11) is -1.86. The number of nitrogens with one attached hydrogen (secondary N) is 1. The first kappa shape index (κ1) is 22.4. The van der Waals surface area contributed by atoms with E-state index in [4.69, 9.17) is 0 Å². The molecule has 2 aliphatic heterocycles. The molecule has 2 fully saturated rings. The van der Waals surface area contributed by atoms with Gasteiger partial charge in [0.25, 0.3) is 10.0 Å². The van der Waals surface area contributed by atoms with Crippen molar-refractivity contribution >= 4 is 32.4 Å². The first-order valence-corrected chi connectivity index (χ1v) is 13.1. The van der Waals surface area contributed by atoms with Gasteiger partial charge in [-0.05, 0) is 45.7 Å². The summed E-state index contributed by atoms with van der Waals surface area (Å²) in [5.41, 5.74) is 0.994. The third-order valence-corrected chi connectivity index (χ3v) is 8.71. The second-order valence-electron chi connectivity index (χ2n) is 8.39. The SMILES string of the molecule is Cc1nc(S(=O)(=O)N2CCC(C(=O)Nc3nc(CN4CCCCC4)cs3)CC2)cn1C. The molecule has 9 nitrogen and oxygen atoms in total. The van der Waals surface area contributed by atoms with Crippen LogP contribution >= 0.6 is 11.3 Å². The third-order valence-electron chi connectivity index (χ3n) is 6.13. The average Bonchev–Trinajstić information content (AvgIpc) is 3.35. The van der Waals surface area contributed by atoms with Crippen molar-refractivity contribution in [3.05, 3.63) is 23.1 Å². The summed E-state index contributed by atoms with van der Waals surface area (Å²) in [4.78, 5) is 23.8. The van der Waals surface area contributed by atoms with Gasteiger partial charge in [0.2, 0.25) is 5.91 Å². The highest BCUT2D eigenvalue weighted by Crippen LogP contribution is 2.26. The molecule has 2 aromatic heterocycles. The van der Waals surface area contributed by atoms with Crippen molar-refractivity contribution in [3.8, 4) is 0 Å². The molecule has 31 heavy (non-hydrogen) atoms. The zero-order valence-corrected chi connectivity index (χ0v) is 19.7. The van der Waals surface area contributed by atoms with E-state index in [1.165, 1.54) is 41.1 Å². The molecule has 1 amide bonds. The molecule has 0 spiro atoms. The maximum Gasteiger partial charge on any atom is 0.262 e. The number of sulfonamides is 1. The minimum atomic E-state index is -3.63. The Morgan fingerprint density at radius 3 is 2.52 bits per heavy atom. The summed E-state index contributed by atoms with van der Waals surface area (Å²) in [6.45, 7) is 5.45. The summed E-state index contributed by atoms with van der Waals surface area (Å²) in [5, 5.41) is 5.63. The highest BCUT2D eigenvalue weighted by Gasteiger charge is 2.33. The van der Waals surface area contributed by atoms with Crippen LogP contribution in [0.1, 0.15) is 43.6 Å². The number of anilines is 1. The lowest BCUT2D eigenvalue weighted by atomic mass is 9.97. The minimum absolute atomic E-state index is 0.0689. The van der Waals surface area contributed by atoms with Gasteiger partial charge in [0.05, 0.1) is 5.69 Å². The Balaban J connectivity index is 1.29. The number of aryl methyl sites for hydroxylation is 2. The van der Waals surface area contributed by atoms with E-state index in [9.17, 15) is 13.2 Å². The lowest BCUT2D eigenvalue weighted by Crippen LogP contribution is -2.41. The average molecular weight is 467 g/mol. The van der Waals surface area contributed by atoms with Crippen LogP contribution in [0, 0.1) is 12.8 Å². The lowest BCUT2D eigenvalue weighted by Gasteiger charge is -2.29. The number of rotatable bonds is 6. The van der Waals surface area contributed by atoms with Crippen LogP contribution in [0.2, 0.25) is 0 Å². The van der Waals surface area contributed by atoms with Gasteiger partial charge < -0.3 is 9.88 Å². The number of carbonyl (C=O) groups excluding carboxylic acids is 1. The summed E-state index contributed by atoms with van der Waals surface area (Å²) in [6, 6.07) is 0. The highest BCUT2D eigenvalue weighted by molar-refractivity contribution is 7.89. The maximum absolute atomic E-state index is 12.8. The van der Waals surface area contributed by atoms with E-state index in [0.717, 1.165) is 25.3 Å². The molecule has 0 radical (unpaired) electrons. The highest BCUT2D eigenvalue weighted by atomic mass is 32.2. The smallest absolute Gasteiger partial charge is 0.262 e. The fourth-order valence-electron chi connectivity index (χ4n) is 4.13. The van der Waals surface area contributed by atoms with Crippen LogP contribution in [0.15, 0.2) is 16.6 Å². The van der Waals surface area contributed by atoms with E-state index in [0.29, 0.717) is 36.9 Å². The minimum Gasteiger partial charge on any atom is -0.337 e. The quantitative estimate of drug-likeness (QED) is 0.701. The standard InChI is InChI=1S/C20H30N6O3S2/c1-15-21-18(13-24(15)2)31(28,29)26-10-6-16(7-11-26)19(27)23-20-22-17(14-30-20)12-25-8-4-3-5-9-25/h13-14,16H,3-12H2,1-2H3,(H,22,23,27). The summed E-state index contributed by atoms with van der Waals surface area (Å²) in [6.07, 6.45) is 6.29. The van der Waals surface area contributed by atoms with E-state index < -0.39 is 10.0 Å². The molecule has 0 unspecified atom stereocenters. The van der Waals surface area contributed by atoms with Gasteiger partial charge >= 0.3 is 0 Å². The number of imidazole rings is 1. The van der Waals surface area contributed by atoms with Crippen molar-refractivity contribution in [1.82, 2.24) is 23.7 Å². The first-order chi connectivity index (χ1) is 14.8. The van der Waals surface area contributed by atoms with Crippen LogP contribution in [-0.4, -0.2) is 64.2 Å². The van der Waals surface area contributed by atoms with Crippen molar-refractivity contribution < 1.29 is 13.2 Å². The normalized spacial score (nSPS) is 19.5. The molecular weight excluding hydrogens is 436 g/mol. The predicted octanol–water partition coefficient (Wildman–Crippen LogP) is 2.21. The van der Waals surface area contributed by atoms with E-state index in [-0.39, 0.29) is 16.9 Å². The molecule has 0 atom stereocenters. The van der Waals surface area contributed by atoms with Crippen molar-refractivity contribution in [2.24, 2.45) is 13.0 Å². The van der Waals surface area contributed by atoms with Gasteiger partial charge in [0.1, 0.15) is 5.82 Å². The maximum atomic E-state index is 12.8. The number of likely N-dealkylation sites (tertiary alicyclic amines) is 1. The molecule has 0 aliphatic carbocycles. The predicted molar refractivity (Wildman–Crippen MR) is 119 cm³/mol. The molecule has 2 aliphatic rings. The largest absolute Gasteiger partial charge is 0.337 e. The van der Waals surface area contributed by atoms with Gasteiger partial charge in [-0.1, -0.05) is 6.42 Å². The topological polar surface area (TPSA) is 100 Å². The van der Waals surface area contributed by atoms with Crippen LogP contribution in [0.4, 0.5) is 5.13 Å². The van der Waals surface area contributed by atoms with Crippen molar-refractivity contribution in [2.75, 3.05) is 31.5 Å². The van der Waals surface area contributed by atoms with Gasteiger partial charge in [0, 0.05) is 44.2 Å². The Labute approximate surface area is 187 Å². The van der Waals surface area contributed by atoms with Gasteiger partial charge in [-0.25, -0.2) is 18.4 Å². The van der Waals surface area contributed by atoms with E-state index in [1.54, 1.807) is 18.5 Å². The van der Waals surface area contributed by atoms with Crippen LogP contribution in [0.5, 0.6) is 0 Å². The third kappa shape index (κ3) is 5.16. The van der Waals surface area contributed by atoms with Gasteiger partial charge in [-0.15, -0.1) is 11.3 Å². The molecule has 4 rings (SSSR count). The second kappa shape index (κ2) is 9.35. The number of carbonyl (C=O) groups is 1. The Morgan fingerprint density at radius 2 is 1.87 bits per heavy atom. The zero-order chi connectivity index (χ0) is 22.0. The zero-order valence-electron chi connectivity index (χ0n) is 18.1. The van der Waals surface area contributed by atoms with Gasteiger partial charge in [-0.3, -0.25) is 9.69 Å². The number of piperidine rings is 2. The number of nitrogens with zero attached hydrogens (tertiary/aromatic N) is 5. The van der Waals surface area contributed by atoms with Gasteiger partial charge in [-0.2, -0.15) is 4.31 Å². The fraction of sp³-hybridized carbons (Fsp3) is 0.650. The molecule has 0 aromatic carbocycles. The number of hydrogen-bond donors (Lipinski definition) is 1. The fourth-order valence-corrected chi connectivity index (χ4v) is 6.33. The molecule has 4 heterocycles. The Bertz CT molecular complexity index is 998. The molecule has 2 saturated heterocycles. The molecule has 1 N–H and O–H groups in total. The van der Waals surface area contributed by atoms with E-state index in [1.807, 2.05) is 5.38 Å². The van der Waals surface area contributed by atoms with Crippen molar-refractivity contribution in [3.63, 3.8) is 0 Å². The number of thiazole rings is 1. The molecule has 0 saturated carbocycles. The molecule has 2 aromatic rings. The van der Waals surface area contributed by atoms with Crippen molar-refractivity contribution in [2.45, 2.75) is 50.6 Å². The van der Waals surface area contributed by atoms with Gasteiger partial charge in [0.15, 0.2) is 10.2 Å². The summed E-state index contributed by atoms with van der Waals surface area (Å²) in [5.74, 6) is 0.354. The molecule has 11 heteroatoms. The van der Waals surface area contributed by atoms with Crippen LogP contribution in [0.25, 0.3) is 0 Å². The Hall–Kier alpha value is -1.82. The van der Waals surface area contributed by atoms with Crippen molar-refractivity contribution in [1.29, 1.82) is 0 Å². The Morgan fingerprint density at radius 1 is 1.16 bits per heavy atom.